The van der Waals surface area contributed by atoms with Gasteiger partial charge in [-0.1, -0.05) is 37.9 Å². The quantitative estimate of drug-likeness (QED) is 0.749. The molecule has 0 aromatic heterocycles. The second-order valence-electron chi connectivity index (χ2n) is 2.64. The smallest absolute Gasteiger partial charge is 0.152 e. The van der Waals surface area contributed by atoms with E-state index in [1.165, 1.54) is 6.92 Å². The number of alkyl halides is 1. The van der Waals surface area contributed by atoms with Gasteiger partial charge in [-0.05, 0) is 24.6 Å². The summed E-state index contributed by atoms with van der Waals surface area (Å²) in [5.74, 6) is -0.0512. The third-order valence-corrected chi connectivity index (χ3v) is 3.31. The summed E-state index contributed by atoms with van der Waals surface area (Å²) < 4.78 is 1.80. The Morgan fingerprint density at radius 2 is 2.08 bits per heavy atom. The molecule has 1 unspecified atom stereocenters. The summed E-state index contributed by atoms with van der Waals surface area (Å²) in [6.45, 7) is 1.48. The number of hydrogen-bond donors (Lipinski definition) is 0. The number of benzene rings is 1. The van der Waals surface area contributed by atoms with Crippen LogP contribution < -0.4 is 0 Å². The molecule has 1 nitrogen and oxygen atoms in total. The molecule has 0 amide bonds. The molecule has 13 heavy (non-hydrogen) atoms. The molecule has 0 aliphatic carbocycles. The maximum Gasteiger partial charge on any atom is 0.152 e. The summed E-state index contributed by atoms with van der Waals surface area (Å²) in [5, 5.41) is -0.567. The van der Waals surface area contributed by atoms with Gasteiger partial charge in [0.1, 0.15) is 5.38 Å². The first-order chi connectivity index (χ1) is 6.02. The Balaban J connectivity index is 3.08. The van der Waals surface area contributed by atoms with E-state index in [9.17, 15) is 4.79 Å². The molecule has 0 bridgehead atoms. The van der Waals surface area contributed by atoms with Crippen LogP contribution >= 0.6 is 43.5 Å². The highest BCUT2D eigenvalue weighted by molar-refractivity contribution is 9.11. The number of ketones is 1. The lowest BCUT2D eigenvalue weighted by atomic mass is 10.1. The van der Waals surface area contributed by atoms with E-state index in [4.69, 9.17) is 11.6 Å². The third-order valence-electron chi connectivity index (χ3n) is 1.59. The van der Waals surface area contributed by atoms with Gasteiger partial charge in [-0.15, -0.1) is 11.6 Å². The maximum absolute atomic E-state index is 11.0. The van der Waals surface area contributed by atoms with Crippen LogP contribution in [0.3, 0.4) is 0 Å². The molecule has 0 fully saturated rings. The monoisotopic (exact) mass is 324 g/mol. The molecule has 0 saturated carbocycles. The van der Waals surface area contributed by atoms with Crippen molar-refractivity contribution in [1.29, 1.82) is 0 Å². The Morgan fingerprint density at radius 3 is 2.54 bits per heavy atom. The molecule has 70 valence electrons. The fourth-order valence-electron chi connectivity index (χ4n) is 0.926. The first kappa shape index (κ1) is 11.2. The van der Waals surface area contributed by atoms with Gasteiger partial charge in [-0.25, -0.2) is 0 Å². The minimum atomic E-state index is -0.567. The Labute approximate surface area is 98.7 Å². The highest BCUT2D eigenvalue weighted by atomic mass is 79.9. The molecule has 0 N–H and O–H groups in total. The van der Waals surface area contributed by atoms with Gasteiger partial charge >= 0.3 is 0 Å². The van der Waals surface area contributed by atoms with Gasteiger partial charge in [0.2, 0.25) is 0 Å². The summed E-state index contributed by atoms with van der Waals surface area (Å²) in [5.41, 5.74) is 0.803. The standard InChI is InChI=1S/C9H7Br2ClO/c1-5(13)9(12)7-3-2-6(10)4-8(7)11/h2-4,9H,1H3. The van der Waals surface area contributed by atoms with Gasteiger partial charge in [-0.3, -0.25) is 4.79 Å². The van der Waals surface area contributed by atoms with Gasteiger partial charge in [0.25, 0.3) is 0 Å². The van der Waals surface area contributed by atoms with Crippen LogP contribution in [0.1, 0.15) is 17.9 Å². The molecule has 1 atom stereocenters. The van der Waals surface area contributed by atoms with Crippen LogP contribution in [0, 0.1) is 0 Å². The van der Waals surface area contributed by atoms with Gasteiger partial charge < -0.3 is 0 Å². The van der Waals surface area contributed by atoms with Gasteiger partial charge in [0.05, 0.1) is 0 Å². The Hall–Kier alpha value is 0.140. The molecule has 1 rings (SSSR count). The molecule has 1 aromatic rings. The molecular formula is C9H7Br2ClO. The van der Waals surface area contributed by atoms with Crippen molar-refractivity contribution in [2.75, 3.05) is 0 Å². The number of rotatable bonds is 2. The largest absolute Gasteiger partial charge is 0.298 e. The average Bonchev–Trinajstić information content (AvgIpc) is 2.03. The zero-order chi connectivity index (χ0) is 10.0. The number of carbonyl (C=O) groups excluding carboxylic acids is 1. The predicted molar refractivity (Wildman–Crippen MR) is 61.1 cm³/mol. The van der Waals surface area contributed by atoms with E-state index in [1.54, 1.807) is 0 Å². The molecule has 4 heteroatoms. The molecule has 1 aromatic carbocycles. The summed E-state index contributed by atoms with van der Waals surface area (Å²) in [6.07, 6.45) is 0. The minimum absolute atomic E-state index is 0.0512. The predicted octanol–water partition coefficient (Wildman–Crippen LogP) is 4.08. The fourth-order valence-corrected chi connectivity index (χ4v) is 2.52. The second-order valence-corrected chi connectivity index (χ2v) is 4.85. The van der Waals surface area contributed by atoms with E-state index in [0.29, 0.717) is 0 Å². The summed E-state index contributed by atoms with van der Waals surface area (Å²) >= 11 is 12.6. The lowest BCUT2D eigenvalue weighted by Crippen LogP contribution is -2.02. The van der Waals surface area contributed by atoms with Gasteiger partial charge in [0.15, 0.2) is 5.78 Å². The van der Waals surface area contributed by atoms with E-state index in [2.05, 4.69) is 31.9 Å². The Bertz CT molecular complexity index is 338. The van der Waals surface area contributed by atoms with Crippen LogP contribution in [-0.2, 0) is 4.79 Å². The highest BCUT2D eigenvalue weighted by Crippen LogP contribution is 2.30. The highest BCUT2D eigenvalue weighted by Gasteiger charge is 2.15. The molecular weight excluding hydrogens is 319 g/mol. The van der Waals surface area contributed by atoms with Crippen molar-refractivity contribution in [2.45, 2.75) is 12.3 Å². The van der Waals surface area contributed by atoms with Crippen molar-refractivity contribution in [3.8, 4) is 0 Å². The Kier molecular flexibility index (Phi) is 3.95. The molecule has 0 heterocycles. The zero-order valence-corrected chi connectivity index (χ0v) is 10.8. The van der Waals surface area contributed by atoms with Crippen LogP contribution in [0.4, 0.5) is 0 Å². The molecule has 0 aliphatic rings. The summed E-state index contributed by atoms with van der Waals surface area (Å²) in [6, 6.07) is 5.55. The van der Waals surface area contributed by atoms with Crippen molar-refractivity contribution < 1.29 is 4.79 Å². The lowest BCUT2D eigenvalue weighted by Gasteiger charge is -2.08. The fraction of sp³-hybridized carbons (Fsp3) is 0.222. The topological polar surface area (TPSA) is 17.1 Å². The van der Waals surface area contributed by atoms with Crippen molar-refractivity contribution >= 4 is 49.2 Å². The first-order valence-corrected chi connectivity index (χ1v) is 5.64. The first-order valence-electron chi connectivity index (χ1n) is 3.62. The summed E-state index contributed by atoms with van der Waals surface area (Å²) in [7, 11) is 0. The van der Waals surface area contributed by atoms with Crippen molar-refractivity contribution in [1.82, 2.24) is 0 Å². The normalized spacial score (nSPS) is 12.6. The van der Waals surface area contributed by atoms with E-state index >= 15 is 0 Å². The van der Waals surface area contributed by atoms with Crippen LogP contribution in [0.15, 0.2) is 27.1 Å². The van der Waals surface area contributed by atoms with E-state index in [-0.39, 0.29) is 5.78 Å². The van der Waals surface area contributed by atoms with Crippen molar-refractivity contribution in [3.05, 3.63) is 32.7 Å². The molecule has 0 aliphatic heterocycles. The van der Waals surface area contributed by atoms with E-state index in [1.807, 2.05) is 18.2 Å². The molecule has 0 spiro atoms. The third kappa shape index (κ3) is 2.79. The van der Waals surface area contributed by atoms with E-state index in [0.717, 1.165) is 14.5 Å². The molecule has 0 radical (unpaired) electrons. The van der Waals surface area contributed by atoms with Gasteiger partial charge in [-0.2, -0.15) is 0 Å². The van der Waals surface area contributed by atoms with E-state index < -0.39 is 5.38 Å². The lowest BCUT2D eigenvalue weighted by molar-refractivity contribution is -0.116. The van der Waals surface area contributed by atoms with Crippen LogP contribution in [0.25, 0.3) is 0 Å². The molecule has 0 saturated heterocycles. The average molecular weight is 326 g/mol. The van der Waals surface area contributed by atoms with Crippen LogP contribution in [0.5, 0.6) is 0 Å². The number of carbonyl (C=O) groups is 1. The Morgan fingerprint density at radius 1 is 1.46 bits per heavy atom. The van der Waals surface area contributed by atoms with Crippen LogP contribution in [-0.4, -0.2) is 5.78 Å². The van der Waals surface area contributed by atoms with Crippen molar-refractivity contribution in [2.24, 2.45) is 0 Å². The minimum Gasteiger partial charge on any atom is -0.298 e. The summed E-state index contributed by atoms with van der Waals surface area (Å²) in [4.78, 5) is 11.0. The van der Waals surface area contributed by atoms with Gasteiger partial charge in [0, 0.05) is 8.95 Å². The van der Waals surface area contributed by atoms with Crippen molar-refractivity contribution in [3.63, 3.8) is 0 Å². The SMILES string of the molecule is CC(=O)C(Cl)c1ccc(Br)cc1Br. The maximum atomic E-state index is 11.0. The number of Topliss-reactive ketones (excluding diaryl/α,β-unsaturated/α-hetero) is 1. The number of hydrogen-bond acceptors (Lipinski definition) is 1. The zero-order valence-electron chi connectivity index (χ0n) is 6.85. The van der Waals surface area contributed by atoms with Crippen LogP contribution in [0.2, 0.25) is 0 Å². The number of halogens is 3. The second kappa shape index (κ2) is 4.58.